The van der Waals surface area contributed by atoms with Gasteiger partial charge in [-0.15, -0.1) is 11.8 Å². The third-order valence-corrected chi connectivity index (χ3v) is 4.12. The number of anilines is 1. The highest BCUT2D eigenvalue weighted by atomic mass is 32.2. The minimum atomic E-state index is -4.63. The highest BCUT2D eigenvalue weighted by molar-refractivity contribution is 7.99. The summed E-state index contributed by atoms with van der Waals surface area (Å²) in [6, 6.07) is 3.87. The molecule has 2 aromatic rings. The Morgan fingerprint density at radius 3 is 2.56 bits per heavy atom. The number of carbonyl (C=O) groups is 1. The van der Waals surface area contributed by atoms with Crippen LogP contribution in [0, 0.1) is 0 Å². The van der Waals surface area contributed by atoms with Crippen molar-refractivity contribution in [1.29, 1.82) is 0 Å². The molecule has 3 N–H and O–H groups in total. The first-order valence-electron chi connectivity index (χ1n) is 6.91. The Kier molecular flexibility index (Phi) is 6.07. The molecule has 0 bridgehead atoms. The summed E-state index contributed by atoms with van der Waals surface area (Å²) in [5, 5.41) is 2.29. The fourth-order valence-corrected chi connectivity index (χ4v) is 2.62. The molecule has 0 saturated heterocycles. The van der Waals surface area contributed by atoms with Crippen molar-refractivity contribution in [3.05, 3.63) is 47.4 Å². The maximum atomic E-state index is 12.9. The molecule has 1 aromatic heterocycles. The Morgan fingerprint density at radius 1 is 1.28 bits per heavy atom. The van der Waals surface area contributed by atoms with Gasteiger partial charge in [0.25, 0.3) is 5.91 Å². The molecule has 136 valence electrons. The molecule has 0 unspecified atom stereocenters. The molecule has 0 fully saturated rings. The van der Waals surface area contributed by atoms with E-state index in [1.54, 1.807) is 0 Å². The Hall–Kier alpha value is -2.07. The Bertz CT molecular complexity index is 746. The van der Waals surface area contributed by atoms with Crippen molar-refractivity contribution >= 4 is 23.4 Å². The molecule has 0 radical (unpaired) electrons. The summed E-state index contributed by atoms with van der Waals surface area (Å²) in [5.41, 5.74) is 4.20. The summed E-state index contributed by atoms with van der Waals surface area (Å²) in [6.45, 7) is 0.0479. The van der Waals surface area contributed by atoms with Crippen LogP contribution >= 0.6 is 11.8 Å². The van der Waals surface area contributed by atoms with Crippen molar-refractivity contribution < 1.29 is 31.2 Å². The van der Waals surface area contributed by atoms with Crippen LogP contribution in [0.25, 0.3) is 0 Å². The van der Waals surface area contributed by atoms with Crippen LogP contribution in [0.15, 0.2) is 39.8 Å². The van der Waals surface area contributed by atoms with E-state index in [1.807, 2.05) is 0 Å². The van der Waals surface area contributed by atoms with Crippen LogP contribution in [0.3, 0.4) is 0 Å². The number of rotatable bonds is 6. The van der Waals surface area contributed by atoms with E-state index in [0.29, 0.717) is 23.6 Å². The average molecular weight is 380 g/mol. The van der Waals surface area contributed by atoms with E-state index < -0.39 is 29.8 Å². The highest BCUT2D eigenvalue weighted by Gasteiger charge is 2.31. The number of benzene rings is 1. The maximum absolute atomic E-state index is 12.9. The molecule has 25 heavy (non-hydrogen) atoms. The molecule has 0 atom stereocenters. The standard InChI is InChI=1S/C15H13F5N2O2S/c16-13(17)7-25-12-2-1-9(15(18,19)20)4-11(12)22-14(23)8-3-10(5-21)24-6-8/h1-4,6,13H,5,7,21H2,(H,22,23). The smallest absolute Gasteiger partial charge is 0.416 e. The van der Waals surface area contributed by atoms with E-state index in [1.165, 1.54) is 6.07 Å². The molecule has 0 aliphatic rings. The number of halogens is 5. The van der Waals surface area contributed by atoms with Gasteiger partial charge in [0.1, 0.15) is 12.0 Å². The number of thioether (sulfide) groups is 1. The Balaban J connectivity index is 2.29. The molecule has 0 saturated carbocycles. The lowest BCUT2D eigenvalue weighted by atomic mass is 10.2. The van der Waals surface area contributed by atoms with Gasteiger partial charge < -0.3 is 15.5 Å². The van der Waals surface area contributed by atoms with E-state index in [-0.39, 0.29) is 22.7 Å². The summed E-state index contributed by atoms with van der Waals surface area (Å²) in [7, 11) is 0. The van der Waals surface area contributed by atoms with Crippen LogP contribution in [-0.2, 0) is 12.7 Å². The second-order valence-corrected chi connectivity index (χ2v) is 5.93. The molecule has 1 heterocycles. The van der Waals surface area contributed by atoms with Gasteiger partial charge in [0, 0.05) is 4.90 Å². The highest BCUT2D eigenvalue weighted by Crippen LogP contribution is 2.36. The molecular weight excluding hydrogens is 367 g/mol. The summed E-state index contributed by atoms with van der Waals surface area (Å²) in [4.78, 5) is 12.2. The molecule has 1 aromatic carbocycles. The van der Waals surface area contributed by atoms with E-state index in [2.05, 4.69) is 5.32 Å². The molecule has 0 aliphatic carbocycles. The predicted octanol–water partition coefficient (Wildman–Crippen LogP) is 4.37. The first-order chi connectivity index (χ1) is 11.7. The monoisotopic (exact) mass is 380 g/mol. The van der Waals surface area contributed by atoms with Crippen molar-refractivity contribution in [3.8, 4) is 0 Å². The van der Waals surface area contributed by atoms with Crippen molar-refractivity contribution in [1.82, 2.24) is 0 Å². The number of nitrogens with one attached hydrogen (secondary N) is 1. The minimum Gasteiger partial charge on any atom is -0.467 e. The second kappa shape index (κ2) is 7.87. The molecule has 10 heteroatoms. The fraction of sp³-hybridized carbons (Fsp3) is 0.267. The number of furan rings is 1. The Labute approximate surface area is 143 Å². The van der Waals surface area contributed by atoms with Gasteiger partial charge in [-0.25, -0.2) is 8.78 Å². The average Bonchev–Trinajstić information content (AvgIpc) is 3.01. The molecular formula is C15H13F5N2O2S. The van der Waals surface area contributed by atoms with E-state index in [9.17, 15) is 26.7 Å². The van der Waals surface area contributed by atoms with E-state index in [4.69, 9.17) is 10.2 Å². The topological polar surface area (TPSA) is 68.3 Å². The van der Waals surface area contributed by atoms with Gasteiger partial charge in [0.15, 0.2) is 0 Å². The zero-order chi connectivity index (χ0) is 18.6. The van der Waals surface area contributed by atoms with E-state index >= 15 is 0 Å². The number of alkyl halides is 5. The zero-order valence-electron chi connectivity index (χ0n) is 12.6. The number of hydrogen-bond donors (Lipinski definition) is 2. The SMILES string of the molecule is NCc1cc(C(=O)Nc2cc(C(F)(F)F)ccc2SCC(F)F)co1. The largest absolute Gasteiger partial charge is 0.467 e. The summed E-state index contributed by atoms with van der Waals surface area (Å²) in [6.07, 6.45) is -6.16. The molecule has 0 spiro atoms. The van der Waals surface area contributed by atoms with Gasteiger partial charge in [0.05, 0.1) is 29.1 Å². The maximum Gasteiger partial charge on any atom is 0.416 e. The minimum absolute atomic E-state index is 0.0479. The van der Waals surface area contributed by atoms with Crippen molar-refractivity contribution in [3.63, 3.8) is 0 Å². The van der Waals surface area contributed by atoms with Crippen LogP contribution in [0.1, 0.15) is 21.7 Å². The lowest BCUT2D eigenvalue weighted by molar-refractivity contribution is -0.137. The van der Waals surface area contributed by atoms with Crippen LogP contribution in [0.5, 0.6) is 0 Å². The number of amides is 1. The zero-order valence-corrected chi connectivity index (χ0v) is 13.4. The first-order valence-corrected chi connectivity index (χ1v) is 7.90. The van der Waals surface area contributed by atoms with Gasteiger partial charge in [0.2, 0.25) is 6.43 Å². The molecule has 2 rings (SSSR count). The first kappa shape index (κ1) is 19.3. The normalized spacial score (nSPS) is 11.8. The van der Waals surface area contributed by atoms with E-state index in [0.717, 1.165) is 18.4 Å². The molecule has 0 aliphatic heterocycles. The lowest BCUT2D eigenvalue weighted by Crippen LogP contribution is -2.13. The van der Waals surface area contributed by atoms with Gasteiger partial charge in [-0.05, 0) is 24.3 Å². The van der Waals surface area contributed by atoms with Gasteiger partial charge in [-0.1, -0.05) is 0 Å². The third kappa shape index (κ3) is 5.20. The van der Waals surface area contributed by atoms with Gasteiger partial charge in [-0.2, -0.15) is 13.2 Å². The van der Waals surface area contributed by atoms with Crippen LogP contribution in [0.4, 0.5) is 27.6 Å². The van der Waals surface area contributed by atoms with Crippen molar-refractivity contribution in [2.75, 3.05) is 11.1 Å². The third-order valence-electron chi connectivity index (χ3n) is 3.04. The number of hydrogen-bond acceptors (Lipinski definition) is 4. The molecule has 4 nitrogen and oxygen atoms in total. The Morgan fingerprint density at radius 2 is 2.00 bits per heavy atom. The van der Waals surface area contributed by atoms with Crippen LogP contribution < -0.4 is 11.1 Å². The van der Waals surface area contributed by atoms with Crippen molar-refractivity contribution in [2.45, 2.75) is 24.0 Å². The summed E-state index contributed by atoms with van der Waals surface area (Å²) < 4.78 is 68.3. The quantitative estimate of drug-likeness (QED) is 0.577. The predicted molar refractivity (Wildman–Crippen MR) is 82.7 cm³/mol. The van der Waals surface area contributed by atoms with Gasteiger partial charge in [-0.3, -0.25) is 4.79 Å². The van der Waals surface area contributed by atoms with Crippen LogP contribution in [0.2, 0.25) is 0 Å². The number of nitrogens with two attached hydrogens (primary N) is 1. The number of carbonyl (C=O) groups excluding carboxylic acids is 1. The lowest BCUT2D eigenvalue weighted by Gasteiger charge is -2.14. The van der Waals surface area contributed by atoms with Crippen molar-refractivity contribution in [2.24, 2.45) is 5.73 Å². The second-order valence-electron chi connectivity index (χ2n) is 4.87. The summed E-state index contributed by atoms with van der Waals surface area (Å²) in [5.74, 6) is -1.03. The van der Waals surface area contributed by atoms with Crippen LogP contribution in [-0.4, -0.2) is 18.1 Å². The summed E-state index contributed by atoms with van der Waals surface area (Å²) >= 11 is 0.646. The molecule has 1 amide bonds. The van der Waals surface area contributed by atoms with Gasteiger partial charge >= 0.3 is 6.18 Å². The fourth-order valence-electron chi connectivity index (χ4n) is 1.88.